The highest BCUT2D eigenvalue weighted by atomic mass is 19.1. The third-order valence-corrected chi connectivity index (χ3v) is 5.75. The van der Waals surface area contributed by atoms with Crippen molar-refractivity contribution in [3.63, 3.8) is 0 Å². The average Bonchev–Trinajstić information content (AvgIpc) is 2.83. The number of nitrogens with zero attached hydrogens (tertiary/aromatic N) is 5. The van der Waals surface area contributed by atoms with Crippen LogP contribution < -0.4 is 14.7 Å². The maximum atomic E-state index is 13.4. The van der Waals surface area contributed by atoms with E-state index in [9.17, 15) is 9.18 Å². The van der Waals surface area contributed by atoms with E-state index in [1.165, 1.54) is 12.1 Å². The molecule has 1 amide bonds. The first-order chi connectivity index (χ1) is 15.8. The highest BCUT2D eigenvalue weighted by Crippen LogP contribution is 2.26. The van der Waals surface area contributed by atoms with Crippen LogP contribution in [0.5, 0.6) is 0 Å². The van der Waals surface area contributed by atoms with E-state index in [1.807, 2.05) is 63.5 Å². The number of hydrogen-bond donors (Lipinski definition) is 0. The van der Waals surface area contributed by atoms with Crippen molar-refractivity contribution in [1.82, 2.24) is 9.97 Å². The van der Waals surface area contributed by atoms with Crippen molar-refractivity contribution in [2.24, 2.45) is 5.41 Å². The molecular formula is C26H30FN5O. The Morgan fingerprint density at radius 1 is 0.909 bits per heavy atom. The van der Waals surface area contributed by atoms with E-state index >= 15 is 0 Å². The molecule has 0 unspecified atom stereocenters. The number of amides is 1. The van der Waals surface area contributed by atoms with Gasteiger partial charge in [-0.3, -0.25) is 4.79 Å². The predicted molar refractivity (Wildman–Crippen MR) is 130 cm³/mol. The molecule has 1 aromatic carbocycles. The molecule has 1 saturated heterocycles. The number of carbonyl (C=O) groups is 1. The lowest BCUT2D eigenvalue weighted by molar-refractivity contribution is -0.125. The van der Waals surface area contributed by atoms with Crippen LogP contribution in [0.3, 0.4) is 0 Å². The van der Waals surface area contributed by atoms with Gasteiger partial charge in [0.15, 0.2) is 0 Å². The maximum Gasteiger partial charge on any atom is 0.232 e. The predicted octanol–water partition coefficient (Wildman–Crippen LogP) is 4.52. The van der Waals surface area contributed by atoms with Gasteiger partial charge in [-0.2, -0.15) is 0 Å². The maximum absolute atomic E-state index is 13.4. The molecule has 0 spiro atoms. The molecule has 33 heavy (non-hydrogen) atoms. The standard InChI is InChI=1S/C26H30FN5O/c1-26(2,3)25(33)32(22-10-8-21(27)9-11-22)19-20-7-12-24(29-18-20)31-16-14-30(15-17-31)23-6-4-5-13-28-23/h4-13,18H,14-17,19H2,1-3H3. The van der Waals surface area contributed by atoms with Crippen LogP contribution in [0.15, 0.2) is 67.0 Å². The zero-order valence-electron chi connectivity index (χ0n) is 19.4. The van der Waals surface area contributed by atoms with Gasteiger partial charge in [0.2, 0.25) is 5.91 Å². The molecule has 6 nitrogen and oxygen atoms in total. The first kappa shape index (κ1) is 22.7. The number of anilines is 3. The Balaban J connectivity index is 1.44. The van der Waals surface area contributed by atoms with Gasteiger partial charge in [-0.05, 0) is 48.0 Å². The van der Waals surface area contributed by atoms with E-state index in [-0.39, 0.29) is 11.7 Å². The number of halogens is 1. The van der Waals surface area contributed by atoms with Crippen molar-refractivity contribution in [2.45, 2.75) is 27.3 Å². The molecule has 172 valence electrons. The van der Waals surface area contributed by atoms with Gasteiger partial charge in [-0.1, -0.05) is 32.9 Å². The number of pyridine rings is 2. The SMILES string of the molecule is CC(C)(C)C(=O)N(Cc1ccc(N2CCN(c3ccccn3)CC2)nc1)c1ccc(F)cc1. The highest BCUT2D eigenvalue weighted by molar-refractivity contribution is 5.96. The van der Waals surface area contributed by atoms with Gasteiger partial charge in [-0.25, -0.2) is 14.4 Å². The lowest BCUT2D eigenvalue weighted by atomic mass is 9.94. The summed E-state index contributed by atoms with van der Waals surface area (Å²) in [6, 6.07) is 16.0. The second-order valence-corrected chi connectivity index (χ2v) is 9.30. The fourth-order valence-corrected chi connectivity index (χ4v) is 3.89. The van der Waals surface area contributed by atoms with Crippen LogP contribution in [-0.4, -0.2) is 42.1 Å². The van der Waals surface area contributed by atoms with E-state index in [4.69, 9.17) is 0 Å². The molecule has 1 fully saturated rings. The van der Waals surface area contributed by atoms with Gasteiger partial charge >= 0.3 is 0 Å². The largest absolute Gasteiger partial charge is 0.353 e. The molecule has 0 bridgehead atoms. The fourth-order valence-electron chi connectivity index (χ4n) is 3.89. The van der Waals surface area contributed by atoms with Crippen LogP contribution in [-0.2, 0) is 11.3 Å². The number of piperazine rings is 1. The van der Waals surface area contributed by atoms with Crippen LogP contribution in [0, 0.1) is 11.2 Å². The first-order valence-electron chi connectivity index (χ1n) is 11.2. The van der Waals surface area contributed by atoms with Crippen molar-refractivity contribution >= 4 is 23.2 Å². The van der Waals surface area contributed by atoms with Crippen LogP contribution in [0.25, 0.3) is 0 Å². The lowest BCUT2D eigenvalue weighted by Crippen LogP contribution is -2.47. The van der Waals surface area contributed by atoms with Gasteiger partial charge in [0.1, 0.15) is 17.5 Å². The van der Waals surface area contributed by atoms with Gasteiger partial charge < -0.3 is 14.7 Å². The summed E-state index contributed by atoms with van der Waals surface area (Å²) < 4.78 is 13.4. The second kappa shape index (κ2) is 9.57. The Bertz CT molecular complexity index is 1060. The number of hydrogen-bond acceptors (Lipinski definition) is 5. The molecule has 0 N–H and O–H groups in total. The third-order valence-electron chi connectivity index (χ3n) is 5.75. The summed E-state index contributed by atoms with van der Waals surface area (Å²) in [6.45, 7) is 9.55. The van der Waals surface area contributed by atoms with Crippen LogP contribution in [0.2, 0.25) is 0 Å². The summed E-state index contributed by atoms with van der Waals surface area (Å²) in [4.78, 5) is 28.5. The second-order valence-electron chi connectivity index (χ2n) is 9.30. The molecule has 3 aromatic rings. The Morgan fingerprint density at radius 2 is 1.55 bits per heavy atom. The van der Waals surface area contributed by atoms with Gasteiger partial charge in [0.25, 0.3) is 0 Å². The third kappa shape index (κ3) is 5.48. The summed E-state index contributed by atoms with van der Waals surface area (Å²) in [5, 5.41) is 0. The molecule has 2 aromatic heterocycles. The fraction of sp³-hybridized carbons (Fsp3) is 0.346. The Labute approximate surface area is 194 Å². The van der Waals surface area contributed by atoms with Crippen LogP contribution in [0.4, 0.5) is 21.7 Å². The molecule has 0 aliphatic carbocycles. The van der Waals surface area contributed by atoms with Crippen molar-refractivity contribution in [3.8, 4) is 0 Å². The number of aromatic nitrogens is 2. The molecule has 1 aliphatic rings. The number of carbonyl (C=O) groups excluding carboxylic acids is 1. The van der Waals surface area contributed by atoms with E-state index in [0.29, 0.717) is 12.2 Å². The molecular weight excluding hydrogens is 417 g/mol. The van der Waals surface area contributed by atoms with Crippen LogP contribution >= 0.6 is 0 Å². The zero-order valence-corrected chi connectivity index (χ0v) is 19.4. The summed E-state index contributed by atoms with van der Waals surface area (Å²) >= 11 is 0. The van der Waals surface area contributed by atoms with Gasteiger partial charge in [0.05, 0.1) is 6.54 Å². The van der Waals surface area contributed by atoms with Gasteiger partial charge in [-0.15, -0.1) is 0 Å². The zero-order chi connectivity index (χ0) is 23.4. The van der Waals surface area contributed by atoms with Crippen LogP contribution in [0.1, 0.15) is 26.3 Å². The van der Waals surface area contributed by atoms with Crippen molar-refractivity contribution < 1.29 is 9.18 Å². The summed E-state index contributed by atoms with van der Waals surface area (Å²) in [7, 11) is 0. The summed E-state index contributed by atoms with van der Waals surface area (Å²) in [5.41, 5.74) is 1.04. The first-order valence-corrected chi connectivity index (χ1v) is 11.2. The molecule has 7 heteroatoms. The van der Waals surface area contributed by atoms with E-state index in [2.05, 4.69) is 19.8 Å². The summed E-state index contributed by atoms with van der Waals surface area (Å²) in [6.07, 6.45) is 3.65. The summed E-state index contributed by atoms with van der Waals surface area (Å²) in [5.74, 6) is 1.58. The minimum absolute atomic E-state index is 0.0242. The Morgan fingerprint density at radius 3 is 2.06 bits per heavy atom. The molecule has 0 radical (unpaired) electrons. The monoisotopic (exact) mass is 447 g/mol. The molecule has 1 aliphatic heterocycles. The normalized spacial score (nSPS) is 14.3. The number of rotatable bonds is 5. The Hall–Kier alpha value is -3.48. The molecule has 0 saturated carbocycles. The Kier molecular flexibility index (Phi) is 6.58. The highest BCUT2D eigenvalue weighted by Gasteiger charge is 2.28. The van der Waals surface area contributed by atoms with E-state index in [1.54, 1.807) is 17.0 Å². The number of benzene rings is 1. The van der Waals surface area contributed by atoms with E-state index < -0.39 is 5.41 Å². The molecule has 0 atom stereocenters. The minimum Gasteiger partial charge on any atom is -0.353 e. The van der Waals surface area contributed by atoms with Crippen molar-refractivity contribution in [2.75, 3.05) is 40.9 Å². The minimum atomic E-state index is -0.560. The average molecular weight is 448 g/mol. The topological polar surface area (TPSA) is 52.6 Å². The van der Waals surface area contributed by atoms with E-state index in [0.717, 1.165) is 43.4 Å². The lowest BCUT2D eigenvalue weighted by Gasteiger charge is -2.36. The van der Waals surface area contributed by atoms with Gasteiger partial charge in [0, 0.05) is 49.7 Å². The van der Waals surface area contributed by atoms with Crippen molar-refractivity contribution in [1.29, 1.82) is 0 Å². The molecule has 3 heterocycles. The quantitative estimate of drug-likeness (QED) is 0.576. The smallest absolute Gasteiger partial charge is 0.232 e. The van der Waals surface area contributed by atoms with Crippen molar-refractivity contribution in [3.05, 3.63) is 78.4 Å². The molecule has 4 rings (SSSR count).